The lowest BCUT2D eigenvalue weighted by molar-refractivity contribution is -0.151. The summed E-state index contributed by atoms with van der Waals surface area (Å²) in [4.78, 5) is 16.1. The number of aromatic nitrogens is 2. The second kappa shape index (κ2) is 5.52. The van der Waals surface area contributed by atoms with Gasteiger partial charge in [0.25, 0.3) is 0 Å². The predicted molar refractivity (Wildman–Crippen MR) is 68.0 cm³/mol. The fourth-order valence-corrected chi connectivity index (χ4v) is 1.97. The van der Waals surface area contributed by atoms with E-state index in [1.54, 1.807) is 12.5 Å². The SMILES string of the molecule is CCOC(=O)C(C)(CCn1ccnc1)NC1CC1. The first-order chi connectivity index (χ1) is 8.64. The second-order valence-corrected chi connectivity index (χ2v) is 5.02. The van der Waals surface area contributed by atoms with E-state index in [9.17, 15) is 4.79 Å². The molecule has 1 saturated carbocycles. The Morgan fingerprint density at radius 1 is 1.61 bits per heavy atom. The van der Waals surface area contributed by atoms with Gasteiger partial charge < -0.3 is 9.30 Å². The average Bonchev–Trinajstić information content (AvgIpc) is 2.99. The summed E-state index contributed by atoms with van der Waals surface area (Å²) >= 11 is 0. The highest BCUT2D eigenvalue weighted by Gasteiger charge is 2.39. The molecule has 0 aliphatic heterocycles. The molecule has 0 radical (unpaired) electrons. The normalized spacial score (nSPS) is 18.3. The molecule has 1 fully saturated rings. The molecular weight excluding hydrogens is 230 g/mol. The Morgan fingerprint density at radius 3 is 2.94 bits per heavy atom. The van der Waals surface area contributed by atoms with E-state index in [0.29, 0.717) is 19.1 Å². The lowest BCUT2D eigenvalue weighted by atomic mass is 9.97. The summed E-state index contributed by atoms with van der Waals surface area (Å²) in [6, 6.07) is 0.474. The first-order valence-electron chi connectivity index (χ1n) is 6.55. The quantitative estimate of drug-likeness (QED) is 0.743. The van der Waals surface area contributed by atoms with E-state index >= 15 is 0 Å². The number of hydrogen-bond acceptors (Lipinski definition) is 4. The van der Waals surface area contributed by atoms with Gasteiger partial charge in [0.15, 0.2) is 0 Å². The molecule has 1 aromatic rings. The van der Waals surface area contributed by atoms with Crippen molar-refractivity contribution in [1.29, 1.82) is 0 Å². The van der Waals surface area contributed by atoms with Gasteiger partial charge in [-0.3, -0.25) is 10.1 Å². The maximum Gasteiger partial charge on any atom is 0.326 e. The monoisotopic (exact) mass is 251 g/mol. The molecule has 0 aromatic carbocycles. The molecule has 1 aliphatic rings. The van der Waals surface area contributed by atoms with Crippen LogP contribution in [0.5, 0.6) is 0 Å². The zero-order chi connectivity index (χ0) is 13.0. The van der Waals surface area contributed by atoms with E-state index in [1.165, 1.54) is 0 Å². The molecule has 1 N–H and O–H groups in total. The molecule has 1 aliphatic carbocycles. The van der Waals surface area contributed by atoms with Crippen LogP contribution in [0.25, 0.3) is 0 Å². The van der Waals surface area contributed by atoms with E-state index < -0.39 is 5.54 Å². The summed E-state index contributed by atoms with van der Waals surface area (Å²) in [6.07, 6.45) is 8.43. The zero-order valence-electron chi connectivity index (χ0n) is 11.1. The van der Waals surface area contributed by atoms with Crippen molar-refractivity contribution < 1.29 is 9.53 Å². The second-order valence-electron chi connectivity index (χ2n) is 5.02. The highest BCUT2D eigenvalue weighted by molar-refractivity contribution is 5.80. The molecule has 2 rings (SSSR count). The Morgan fingerprint density at radius 2 is 2.39 bits per heavy atom. The Balaban J connectivity index is 1.96. The van der Waals surface area contributed by atoms with Crippen molar-refractivity contribution in [2.75, 3.05) is 6.61 Å². The Kier molecular flexibility index (Phi) is 4.01. The van der Waals surface area contributed by atoms with Gasteiger partial charge in [-0.15, -0.1) is 0 Å². The molecule has 1 aromatic heterocycles. The first kappa shape index (κ1) is 13.1. The number of hydrogen-bond donors (Lipinski definition) is 1. The van der Waals surface area contributed by atoms with Crippen LogP contribution >= 0.6 is 0 Å². The van der Waals surface area contributed by atoms with Gasteiger partial charge in [0.2, 0.25) is 0 Å². The number of carbonyl (C=O) groups is 1. The molecule has 1 heterocycles. The van der Waals surface area contributed by atoms with Crippen LogP contribution in [0.15, 0.2) is 18.7 Å². The van der Waals surface area contributed by atoms with Gasteiger partial charge in [0.1, 0.15) is 5.54 Å². The minimum atomic E-state index is -0.596. The number of nitrogens with zero attached hydrogens (tertiary/aromatic N) is 2. The molecule has 0 amide bonds. The molecule has 5 nitrogen and oxygen atoms in total. The number of rotatable bonds is 7. The van der Waals surface area contributed by atoms with E-state index in [4.69, 9.17) is 4.74 Å². The first-order valence-corrected chi connectivity index (χ1v) is 6.55. The van der Waals surface area contributed by atoms with Crippen molar-refractivity contribution in [2.24, 2.45) is 0 Å². The number of imidazole rings is 1. The van der Waals surface area contributed by atoms with Gasteiger partial charge in [-0.25, -0.2) is 4.98 Å². The summed E-state index contributed by atoms with van der Waals surface area (Å²) in [5.41, 5.74) is -0.596. The molecule has 0 saturated heterocycles. The summed E-state index contributed by atoms with van der Waals surface area (Å²) < 4.78 is 7.16. The van der Waals surface area contributed by atoms with Crippen molar-refractivity contribution in [1.82, 2.24) is 14.9 Å². The Hall–Kier alpha value is -1.36. The molecule has 1 atom stereocenters. The van der Waals surface area contributed by atoms with Crippen LogP contribution in [0, 0.1) is 0 Å². The molecule has 18 heavy (non-hydrogen) atoms. The van der Waals surface area contributed by atoms with Crippen molar-refractivity contribution in [3.63, 3.8) is 0 Å². The predicted octanol–water partition coefficient (Wildman–Crippen LogP) is 1.35. The summed E-state index contributed by atoms with van der Waals surface area (Å²) in [5.74, 6) is -0.156. The molecule has 5 heteroatoms. The van der Waals surface area contributed by atoms with Gasteiger partial charge in [-0.1, -0.05) is 0 Å². The smallest absolute Gasteiger partial charge is 0.326 e. The van der Waals surface area contributed by atoms with Gasteiger partial charge in [-0.05, 0) is 33.1 Å². The lowest BCUT2D eigenvalue weighted by Gasteiger charge is -2.28. The molecule has 100 valence electrons. The Bertz CT molecular complexity index is 387. The van der Waals surface area contributed by atoms with Crippen LogP contribution in [0.3, 0.4) is 0 Å². The molecule has 0 spiro atoms. The molecular formula is C13H21N3O2. The standard InChI is InChI=1S/C13H21N3O2/c1-3-18-12(17)13(2,15-11-4-5-11)6-8-16-9-7-14-10-16/h7,9-11,15H,3-6,8H2,1-2H3. The van der Waals surface area contributed by atoms with Gasteiger partial charge in [0.05, 0.1) is 12.9 Å². The summed E-state index contributed by atoms with van der Waals surface area (Å²) in [6.45, 7) is 4.95. The number of ether oxygens (including phenoxy) is 1. The van der Waals surface area contributed by atoms with Crippen LogP contribution in [0.4, 0.5) is 0 Å². The maximum atomic E-state index is 12.1. The van der Waals surface area contributed by atoms with E-state index in [0.717, 1.165) is 19.4 Å². The third-order valence-electron chi connectivity index (χ3n) is 3.26. The van der Waals surface area contributed by atoms with Crippen LogP contribution in [0.2, 0.25) is 0 Å². The van der Waals surface area contributed by atoms with Crippen molar-refractivity contribution in [3.8, 4) is 0 Å². The minimum absolute atomic E-state index is 0.156. The number of esters is 1. The van der Waals surface area contributed by atoms with Gasteiger partial charge in [-0.2, -0.15) is 0 Å². The van der Waals surface area contributed by atoms with E-state index in [2.05, 4.69) is 10.3 Å². The van der Waals surface area contributed by atoms with Gasteiger partial charge in [0, 0.05) is 25.0 Å². The van der Waals surface area contributed by atoms with Crippen LogP contribution in [-0.4, -0.2) is 33.7 Å². The molecule has 1 unspecified atom stereocenters. The third kappa shape index (κ3) is 3.32. The highest BCUT2D eigenvalue weighted by atomic mass is 16.5. The van der Waals surface area contributed by atoms with Gasteiger partial charge >= 0.3 is 5.97 Å². The van der Waals surface area contributed by atoms with Crippen LogP contribution in [-0.2, 0) is 16.1 Å². The summed E-state index contributed by atoms with van der Waals surface area (Å²) in [5, 5.41) is 3.41. The van der Waals surface area contributed by atoms with Crippen LogP contribution in [0.1, 0.15) is 33.1 Å². The number of nitrogens with one attached hydrogen (secondary N) is 1. The van der Waals surface area contributed by atoms with Crippen molar-refractivity contribution in [3.05, 3.63) is 18.7 Å². The largest absolute Gasteiger partial charge is 0.465 e. The highest BCUT2D eigenvalue weighted by Crippen LogP contribution is 2.25. The fourth-order valence-electron chi connectivity index (χ4n) is 1.97. The van der Waals surface area contributed by atoms with Crippen molar-refractivity contribution in [2.45, 2.75) is 51.2 Å². The average molecular weight is 251 g/mol. The summed E-state index contributed by atoms with van der Waals surface area (Å²) in [7, 11) is 0. The van der Waals surface area contributed by atoms with Crippen molar-refractivity contribution >= 4 is 5.97 Å². The number of aryl methyl sites for hydroxylation is 1. The number of carbonyl (C=O) groups excluding carboxylic acids is 1. The van der Waals surface area contributed by atoms with E-state index in [-0.39, 0.29) is 5.97 Å². The lowest BCUT2D eigenvalue weighted by Crippen LogP contribution is -2.52. The Labute approximate surface area is 108 Å². The third-order valence-corrected chi connectivity index (χ3v) is 3.26. The maximum absolute atomic E-state index is 12.1. The fraction of sp³-hybridized carbons (Fsp3) is 0.692. The minimum Gasteiger partial charge on any atom is -0.465 e. The van der Waals surface area contributed by atoms with E-state index in [1.807, 2.05) is 24.6 Å². The van der Waals surface area contributed by atoms with Crippen LogP contribution < -0.4 is 5.32 Å². The molecule has 0 bridgehead atoms. The topological polar surface area (TPSA) is 56.2 Å². The zero-order valence-corrected chi connectivity index (χ0v) is 11.1.